The number of aromatic nitrogens is 2. The molecule has 0 unspecified atom stereocenters. The number of rotatable bonds is 1. The van der Waals surface area contributed by atoms with Gasteiger partial charge >= 0.3 is 33.0 Å². The standard InChI is InChI=1S/C10H8N2.C8H12.F6P.Ir/c1-3-7-11-9(5-1)10-6-2-4-8-12-10;1-2-4-6-8-7-5-3-1;1-7(2,3,4,5)6;/h1-8H;1-2,7-8H,3-6H2;;/q;;-1;/b;2-1-,8-7-;;. The normalized spacial score (nSPS) is 17.9. The SMILES string of the molecule is C1=C\CC/C=C\CC/1.F[P-](F)(F)(F)(F)F.[Ir].c1ccc(-c2ccccn2)nc1. The van der Waals surface area contributed by atoms with E-state index in [1.165, 1.54) is 25.7 Å². The number of nitrogens with zero attached hydrogens (tertiary/aromatic N) is 2. The Morgan fingerprint density at radius 3 is 1.07 bits per heavy atom. The van der Waals surface area contributed by atoms with Gasteiger partial charge in [-0.3, -0.25) is 9.97 Å². The minimum Gasteiger partial charge on any atom is -0.255 e. The van der Waals surface area contributed by atoms with Gasteiger partial charge in [-0.1, -0.05) is 36.4 Å². The number of pyridine rings is 2. The summed E-state index contributed by atoms with van der Waals surface area (Å²) in [5, 5.41) is 0. The van der Waals surface area contributed by atoms with Crippen LogP contribution in [0.1, 0.15) is 25.7 Å². The number of halogens is 6. The Labute approximate surface area is 173 Å². The molecular formula is C18H20F6IrN2P-. The number of allylic oxidation sites excluding steroid dienone is 4. The Balaban J connectivity index is 0.000000405. The van der Waals surface area contributed by atoms with Crippen molar-refractivity contribution in [3.05, 3.63) is 73.1 Å². The van der Waals surface area contributed by atoms with Crippen LogP contribution >= 0.6 is 7.81 Å². The predicted octanol–water partition coefficient (Wildman–Crippen LogP) is 8.20. The van der Waals surface area contributed by atoms with Gasteiger partial charge in [-0.2, -0.15) is 0 Å². The maximum atomic E-state index is 9.87. The van der Waals surface area contributed by atoms with Crippen LogP contribution in [0.3, 0.4) is 0 Å². The van der Waals surface area contributed by atoms with Crippen molar-refractivity contribution >= 4 is 7.81 Å². The average Bonchev–Trinajstić information content (AvgIpc) is 2.54. The van der Waals surface area contributed by atoms with Gasteiger partial charge in [0.25, 0.3) is 0 Å². The molecule has 0 aliphatic heterocycles. The molecule has 0 aromatic carbocycles. The average molecular weight is 602 g/mol. The van der Waals surface area contributed by atoms with E-state index in [1.807, 2.05) is 36.4 Å². The van der Waals surface area contributed by atoms with E-state index in [0.717, 1.165) is 11.4 Å². The zero-order valence-electron chi connectivity index (χ0n) is 14.7. The molecule has 159 valence electrons. The second-order valence-electron chi connectivity index (χ2n) is 5.49. The molecule has 1 radical (unpaired) electrons. The quantitative estimate of drug-likeness (QED) is 0.187. The summed E-state index contributed by atoms with van der Waals surface area (Å²) < 4.78 is 59.2. The minimum absolute atomic E-state index is 0. The van der Waals surface area contributed by atoms with Gasteiger partial charge in [-0.05, 0) is 49.9 Å². The van der Waals surface area contributed by atoms with Crippen molar-refractivity contribution < 1.29 is 45.3 Å². The Bertz CT molecular complexity index is 660. The third-order valence-corrected chi connectivity index (χ3v) is 2.93. The summed E-state index contributed by atoms with van der Waals surface area (Å²) in [4.78, 5) is 8.37. The molecule has 2 aromatic heterocycles. The molecule has 0 spiro atoms. The molecule has 0 atom stereocenters. The van der Waals surface area contributed by atoms with Crippen LogP contribution in [0.25, 0.3) is 11.4 Å². The van der Waals surface area contributed by atoms with Crippen molar-refractivity contribution in [3.63, 3.8) is 0 Å². The number of hydrogen-bond acceptors (Lipinski definition) is 2. The molecule has 1 aliphatic carbocycles. The minimum atomic E-state index is -10.7. The van der Waals surface area contributed by atoms with Crippen LogP contribution in [0.2, 0.25) is 0 Å². The molecule has 2 heterocycles. The van der Waals surface area contributed by atoms with Crippen LogP contribution in [-0.2, 0) is 20.1 Å². The summed E-state index contributed by atoms with van der Waals surface area (Å²) in [6, 6.07) is 11.6. The molecule has 0 N–H and O–H groups in total. The van der Waals surface area contributed by atoms with Gasteiger partial charge in [0, 0.05) is 32.5 Å². The molecule has 0 amide bonds. The van der Waals surface area contributed by atoms with Crippen molar-refractivity contribution in [3.8, 4) is 11.4 Å². The van der Waals surface area contributed by atoms with Gasteiger partial charge in [0.05, 0.1) is 11.4 Å². The van der Waals surface area contributed by atoms with Gasteiger partial charge < -0.3 is 0 Å². The van der Waals surface area contributed by atoms with Crippen LogP contribution in [0, 0.1) is 0 Å². The van der Waals surface area contributed by atoms with Crippen molar-refractivity contribution in [2.75, 3.05) is 0 Å². The van der Waals surface area contributed by atoms with Gasteiger partial charge in [-0.25, -0.2) is 0 Å². The van der Waals surface area contributed by atoms with Gasteiger partial charge in [-0.15, -0.1) is 0 Å². The van der Waals surface area contributed by atoms with E-state index >= 15 is 0 Å². The smallest absolute Gasteiger partial charge is 0.0886 e. The molecule has 2 aromatic rings. The predicted molar refractivity (Wildman–Crippen MR) is 97.8 cm³/mol. The van der Waals surface area contributed by atoms with Gasteiger partial charge in [0.1, 0.15) is 0 Å². The van der Waals surface area contributed by atoms with E-state index in [0.29, 0.717) is 0 Å². The number of hydrogen-bond donors (Lipinski definition) is 0. The molecule has 2 nitrogen and oxygen atoms in total. The van der Waals surface area contributed by atoms with E-state index in [1.54, 1.807) is 12.4 Å². The van der Waals surface area contributed by atoms with Crippen molar-refractivity contribution in [2.45, 2.75) is 25.7 Å². The van der Waals surface area contributed by atoms with Crippen LogP contribution in [0.5, 0.6) is 0 Å². The molecule has 10 heteroatoms. The third-order valence-electron chi connectivity index (χ3n) is 2.93. The maximum Gasteiger partial charge on any atom is 0.0886 e. The van der Waals surface area contributed by atoms with Crippen molar-refractivity contribution in [1.29, 1.82) is 0 Å². The van der Waals surface area contributed by atoms with Crippen LogP contribution in [0.15, 0.2) is 73.1 Å². The van der Waals surface area contributed by atoms with Crippen LogP contribution < -0.4 is 0 Å². The summed E-state index contributed by atoms with van der Waals surface area (Å²) in [6.45, 7) is 0. The first-order chi connectivity index (χ1) is 12.4. The molecule has 28 heavy (non-hydrogen) atoms. The summed E-state index contributed by atoms with van der Waals surface area (Å²) in [5.41, 5.74) is 1.83. The molecular weight excluding hydrogens is 581 g/mol. The molecule has 0 saturated heterocycles. The fraction of sp³-hybridized carbons (Fsp3) is 0.222. The van der Waals surface area contributed by atoms with E-state index in [4.69, 9.17) is 0 Å². The first kappa shape index (κ1) is 26.4. The van der Waals surface area contributed by atoms with Gasteiger partial charge in [0.2, 0.25) is 0 Å². The first-order valence-electron chi connectivity index (χ1n) is 8.10. The van der Waals surface area contributed by atoms with E-state index in [2.05, 4.69) is 34.3 Å². The fourth-order valence-electron chi connectivity index (χ4n) is 1.88. The second-order valence-corrected chi connectivity index (χ2v) is 7.40. The third kappa shape index (κ3) is 19.2. The van der Waals surface area contributed by atoms with Crippen molar-refractivity contribution in [2.24, 2.45) is 0 Å². The summed E-state index contributed by atoms with van der Waals surface area (Å²) in [6.07, 6.45) is 17.5. The Morgan fingerprint density at radius 1 is 0.571 bits per heavy atom. The van der Waals surface area contributed by atoms with Crippen LogP contribution in [-0.4, -0.2) is 9.97 Å². The fourth-order valence-corrected chi connectivity index (χ4v) is 1.88. The van der Waals surface area contributed by atoms with E-state index in [9.17, 15) is 25.2 Å². The monoisotopic (exact) mass is 602 g/mol. The van der Waals surface area contributed by atoms with E-state index < -0.39 is 7.81 Å². The summed E-state index contributed by atoms with van der Waals surface area (Å²) in [5.74, 6) is 0. The Kier molecular flexibility index (Phi) is 10.2. The molecule has 1 aliphatic rings. The zero-order chi connectivity index (χ0) is 20.3. The maximum absolute atomic E-state index is 10.7. The molecule has 0 saturated carbocycles. The van der Waals surface area contributed by atoms with E-state index in [-0.39, 0.29) is 20.1 Å². The van der Waals surface area contributed by atoms with Crippen LogP contribution in [0.4, 0.5) is 25.2 Å². The second kappa shape index (κ2) is 10.8. The van der Waals surface area contributed by atoms with Gasteiger partial charge in [0.15, 0.2) is 0 Å². The summed E-state index contributed by atoms with van der Waals surface area (Å²) >= 11 is 0. The largest absolute Gasteiger partial charge is 0.255 e. The first-order valence-corrected chi connectivity index (χ1v) is 10.1. The molecule has 3 rings (SSSR count). The van der Waals surface area contributed by atoms with Crippen molar-refractivity contribution in [1.82, 2.24) is 9.97 Å². The Hall–Kier alpha value is -1.56. The zero-order valence-corrected chi connectivity index (χ0v) is 18.0. The topological polar surface area (TPSA) is 25.8 Å². The Morgan fingerprint density at radius 2 is 0.857 bits per heavy atom. The molecule has 0 fully saturated rings. The summed E-state index contributed by atoms with van der Waals surface area (Å²) in [7, 11) is -10.7. The molecule has 0 bridgehead atoms.